The zero-order chi connectivity index (χ0) is 16.8. The van der Waals surface area contributed by atoms with Crippen LogP contribution in [0.5, 0.6) is 0 Å². The van der Waals surface area contributed by atoms with Crippen LogP contribution in [-0.2, 0) is 14.3 Å². The molecule has 7 nitrogen and oxygen atoms in total. The van der Waals surface area contributed by atoms with Gasteiger partial charge in [-0.05, 0) is 19.3 Å². The molecule has 1 amide bonds. The Morgan fingerprint density at radius 2 is 2.04 bits per heavy atom. The number of aromatic nitrogens is 2. The van der Waals surface area contributed by atoms with Crippen molar-refractivity contribution in [3.63, 3.8) is 0 Å². The summed E-state index contributed by atoms with van der Waals surface area (Å²) in [6, 6.07) is 1.99. The SMILES string of the molecule is CN(CCNc1cc(C2CCOC2)ncn1)C(=O)C1CCOCC1. The van der Waals surface area contributed by atoms with Gasteiger partial charge in [-0.3, -0.25) is 4.79 Å². The molecule has 1 atom stereocenters. The van der Waals surface area contributed by atoms with Gasteiger partial charge in [0.1, 0.15) is 12.1 Å². The van der Waals surface area contributed by atoms with Crippen LogP contribution in [-0.4, -0.2) is 67.3 Å². The van der Waals surface area contributed by atoms with Crippen molar-refractivity contribution in [2.24, 2.45) is 5.92 Å². The smallest absolute Gasteiger partial charge is 0.225 e. The van der Waals surface area contributed by atoms with Crippen molar-refractivity contribution in [3.8, 4) is 0 Å². The van der Waals surface area contributed by atoms with E-state index in [1.807, 2.05) is 13.1 Å². The Labute approximate surface area is 142 Å². The first-order valence-corrected chi connectivity index (χ1v) is 8.70. The van der Waals surface area contributed by atoms with E-state index < -0.39 is 0 Å². The molecule has 132 valence electrons. The van der Waals surface area contributed by atoms with E-state index in [-0.39, 0.29) is 11.8 Å². The standard InChI is InChI=1S/C17H26N4O3/c1-21(17(22)13-2-7-23-8-3-13)6-5-18-16-10-15(19-12-20-16)14-4-9-24-11-14/h10,12-14H,2-9,11H2,1H3,(H,18,19,20). The van der Waals surface area contributed by atoms with Crippen molar-refractivity contribution in [1.29, 1.82) is 0 Å². The second-order valence-electron chi connectivity index (χ2n) is 6.46. The van der Waals surface area contributed by atoms with Gasteiger partial charge in [-0.15, -0.1) is 0 Å². The second kappa shape index (κ2) is 8.39. The number of hydrogen-bond donors (Lipinski definition) is 1. The fourth-order valence-corrected chi connectivity index (χ4v) is 3.18. The molecule has 0 radical (unpaired) electrons. The molecule has 2 aliphatic heterocycles. The van der Waals surface area contributed by atoms with Gasteiger partial charge in [0.05, 0.1) is 12.3 Å². The van der Waals surface area contributed by atoms with Crippen molar-refractivity contribution in [2.75, 3.05) is 51.9 Å². The van der Waals surface area contributed by atoms with Gasteiger partial charge in [-0.25, -0.2) is 9.97 Å². The zero-order valence-electron chi connectivity index (χ0n) is 14.2. The molecule has 0 aliphatic carbocycles. The predicted octanol–water partition coefficient (Wildman–Crippen LogP) is 1.28. The number of hydrogen-bond acceptors (Lipinski definition) is 6. The first-order chi connectivity index (χ1) is 11.7. The summed E-state index contributed by atoms with van der Waals surface area (Å²) in [6.07, 6.45) is 4.26. The Hall–Kier alpha value is -1.73. The highest BCUT2D eigenvalue weighted by molar-refractivity contribution is 5.78. The molecule has 1 aromatic heterocycles. The number of carbonyl (C=O) groups is 1. The molecule has 0 aromatic carbocycles. The first-order valence-electron chi connectivity index (χ1n) is 8.70. The van der Waals surface area contributed by atoms with E-state index >= 15 is 0 Å². The molecule has 1 unspecified atom stereocenters. The predicted molar refractivity (Wildman–Crippen MR) is 89.9 cm³/mol. The summed E-state index contributed by atoms with van der Waals surface area (Å²) in [6.45, 7) is 4.24. The summed E-state index contributed by atoms with van der Waals surface area (Å²) in [5.41, 5.74) is 1.02. The molecule has 7 heteroatoms. The van der Waals surface area contributed by atoms with Gasteiger partial charge in [0.2, 0.25) is 5.91 Å². The average Bonchev–Trinajstić information content (AvgIpc) is 3.17. The molecule has 0 bridgehead atoms. The fraction of sp³-hybridized carbons (Fsp3) is 0.706. The maximum absolute atomic E-state index is 12.4. The molecule has 0 saturated carbocycles. The van der Waals surface area contributed by atoms with E-state index in [2.05, 4.69) is 15.3 Å². The van der Waals surface area contributed by atoms with Crippen LogP contribution in [0.4, 0.5) is 5.82 Å². The van der Waals surface area contributed by atoms with Crippen LogP contribution in [0.1, 0.15) is 30.9 Å². The van der Waals surface area contributed by atoms with Gasteiger partial charge in [0, 0.05) is 57.9 Å². The molecule has 1 N–H and O–H groups in total. The van der Waals surface area contributed by atoms with Crippen molar-refractivity contribution in [3.05, 3.63) is 18.1 Å². The molecule has 3 rings (SSSR count). The van der Waals surface area contributed by atoms with E-state index in [1.165, 1.54) is 0 Å². The van der Waals surface area contributed by atoms with Gasteiger partial charge in [-0.2, -0.15) is 0 Å². The Kier molecular flexibility index (Phi) is 5.98. The van der Waals surface area contributed by atoms with E-state index in [1.54, 1.807) is 11.2 Å². The highest BCUT2D eigenvalue weighted by Crippen LogP contribution is 2.24. The second-order valence-corrected chi connectivity index (χ2v) is 6.46. The largest absolute Gasteiger partial charge is 0.381 e. The van der Waals surface area contributed by atoms with E-state index in [9.17, 15) is 4.79 Å². The molecule has 3 heterocycles. The summed E-state index contributed by atoms with van der Waals surface area (Å²) in [5, 5.41) is 3.29. The number of amides is 1. The third-order valence-corrected chi connectivity index (χ3v) is 4.74. The van der Waals surface area contributed by atoms with Crippen LogP contribution >= 0.6 is 0 Å². The van der Waals surface area contributed by atoms with Crippen LogP contribution in [0.15, 0.2) is 12.4 Å². The summed E-state index contributed by atoms with van der Waals surface area (Å²) >= 11 is 0. The first kappa shape index (κ1) is 17.1. The average molecular weight is 334 g/mol. The van der Waals surface area contributed by atoms with E-state index in [4.69, 9.17) is 9.47 Å². The minimum atomic E-state index is 0.108. The lowest BCUT2D eigenvalue weighted by atomic mass is 9.99. The maximum Gasteiger partial charge on any atom is 0.225 e. The number of nitrogens with zero attached hydrogens (tertiary/aromatic N) is 3. The topological polar surface area (TPSA) is 76.6 Å². The molecule has 1 aromatic rings. The van der Waals surface area contributed by atoms with Crippen LogP contribution in [0.25, 0.3) is 0 Å². The summed E-state index contributed by atoms with van der Waals surface area (Å²) in [5.74, 6) is 1.49. The minimum absolute atomic E-state index is 0.108. The Morgan fingerprint density at radius 3 is 2.79 bits per heavy atom. The third kappa shape index (κ3) is 4.42. The number of carbonyl (C=O) groups excluding carboxylic acids is 1. The molecule has 2 fully saturated rings. The monoisotopic (exact) mass is 334 g/mol. The summed E-state index contributed by atoms with van der Waals surface area (Å²) in [7, 11) is 1.86. The van der Waals surface area contributed by atoms with Gasteiger partial charge >= 0.3 is 0 Å². The van der Waals surface area contributed by atoms with Crippen molar-refractivity contribution in [2.45, 2.75) is 25.2 Å². The lowest BCUT2D eigenvalue weighted by Gasteiger charge is -2.26. The number of nitrogens with one attached hydrogen (secondary N) is 1. The number of likely N-dealkylation sites (N-methyl/N-ethyl adjacent to an activating group) is 1. The van der Waals surface area contributed by atoms with Crippen molar-refractivity contribution >= 4 is 11.7 Å². The number of anilines is 1. The molecule has 2 saturated heterocycles. The minimum Gasteiger partial charge on any atom is -0.381 e. The molecule has 2 aliphatic rings. The number of ether oxygens (including phenoxy) is 2. The number of rotatable bonds is 6. The fourth-order valence-electron chi connectivity index (χ4n) is 3.18. The summed E-state index contributed by atoms with van der Waals surface area (Å²) < 4.78 is 10.7. The molecular weight excluding hydrogens is 308 g/mol. The highest BCUT2D eigenvalue weighted by atomic mass is 16.5. The lowest BCUT2D eigenvalue weighted by Crippen LogP contribution is -2.38. The Balaban J connectivity index is 1.45. The highest BCUT2D eigenvalue weighted by Gasteiger charge is 2.24. The van der Waals surface area contributed by atoms with Crippen LogP contribution in [0, 0.1) is 5.92 Å². The van der Waals surface area contributed by atoms with Gasteiger partial charge in [-0.1, -0.05) is 0 Å². The van der Waals surface area contributed by atoms with Crippen molar-refractivity contribution in [1.82, 2.24) is 14.9 Å². The van der Waals surface area contributed by atoms with Crippen LogP contribution < -0.4 is 5.32 Å². The third-order valence-electron chi connectivity index (χ3n) is 4.74. The summed E-state index contributed by atoms with van der Waals surface area (Å²) in [4.78, 5) is 22.8. The van der Waals surface area contributed by atoms with E-state index in [0.29, 0.717) is 32.2 Å². The van der Waals surface area contributed by atoms with Gasteiger partial charge in [0.15, 0.2) is 0 Å². The quantitative estimate of drug-likeness (QED) is 0.844. The van der Waals surface area contributed by atoms with Crippen molar-refractivity contribution < 1.29 is 14.3 Å². The Morgan fingerprint density at radius 1 is 1.25 bits per heavy atom. The lowest BCUT2D eigenvalue weighted by molar-refractivity contribution is -0.137. The zero-order valence-corrected chi connectivity index (χ0v) is 14.2. The molecule has 0 spiro atoms. The van der Waals surface area contributed by atoms with Crippen LogP contribution in [0.2, 0.25) is 0 Å². The Bertz CT molecular complexity index is 542. The normalized spacial score (nSPS) is 21.6. The van der Waals surface area contributed by atoms with Crippen LogP contribution in [0.3, 0.4) is 0 Å². The van der Waals surface area contributed by atoms with Gasteiger partial charge in [0.25, 0.3) is 0 Å². The molecular formula is C17H26N4O3. The van der Waals surface area contributed by atoms with E-state index in [0.717, 1.165) is 44.0 Å². The maximum atomic E-state index is 12.4. The molecule has 24 heavy (non-hydrogen) atoms. The van der Waals surface area contributed by atoms with Gasteiger partial charge < -0.3 is 19.7 Å².